The SMILES string of the molecule is O=CC1C(C=O)C2CC1C1C3C=CC(C3)C21. The van der Waals surface area contributed by atoms with Crippen molar-refractivity contribution >= 4 is 12.6 Å². The molecule has 4 aliphatic carbocycles. The first-order valence-corrected chi connectivity index (χ1v) is 6.44. The zero-order valence-corrected chi connectivity index (χ0v) is 9.16. The minimum atomic E-state index is 0.0384. The summed E-state index contributed by atoms with van der Waals surface area (Å²) in [5.41, 5.74) is 0. The maximum absolute atomic E-state index is 11.2. The van der Waals surface area contributed by atoms with E-state index in [0.717, 1.165) is 42.7 Å². The van der Waals surface area contributed by atoms with E-state index in [1.807, 2.05) is 0 Å². The lowest BCUT2D eigenvalue weighted by Crippen LogP contribution is -2.38. The quantitative estimate of drug-likeness (QED) is 0.400. The Labute approximate surface area is 95.1 Å². The molecule has 0 amide bonds. The minimum absolute atomic E-state index is 0.0384. The molecule has 0 saturated heterocycles. The van der Waals surface area contributed by atoms with Crippen molar-refractivity contribution in [2.75, 3.05) is 0 Å². The first kappa shape index (κ1) is 9.15. The van der Waals surface area contributed by atoms with Crippen molar-refractivity contribution in [1.29, 1.82) is 0 Å². The average molecular weight is 216 g/mol. The van der Waals surface area contributed by atoms with Gasteiger partial charge in [-0.15, -0.1) is 0 Å². The molecule has 0 heterocycles. The summed E-state index contributed by atoms with van der Waals surface area (Å²) < 4.78 is 0. The van der Waals surface area contributed by atoms with Crippen LogP contribution in [0.1, 0.15) is 12.8 Å². The van der Waals surface area contributed by atoms with Gasteiger partial charge in [-0.25, -0.2) is 0 Å². The Hall–Kier alpha value is -0.920. The average Bonchev–Trinajstić information content (AvgIpc) is 3.03. The molecule has 3 saturated carbocycles. The van der Waals surface area contributed by atoms with Crippen molar-refractivity contribution in [1.82, 2.24) is 0 Å². The van der Waals surface area contributed by atoms with Crippen LogP contribution in [-0.4, -0.2) is 12.6 Å². The van der Waals surface area contributed by atoms with Gasteiger partial charge >= 0.3 is 0 Å². The summed E-state index contributed by atoms with van der Waals surface area (Å²) >= 11 is 0. The molecule has 0 aliphatic heterocycles. The predicted octanol–water partition coefficient (Wildman–Crippen LogP) is 1.70. The van der Waals surface area contributed by atoms with Crippen LogP contribution in [0.5, 0.6) is 0 Å². The molecule has 4 bridgehead atoms. The number of hydrogen-bond acceptors (Lipinski definition) is 2. The predicted molar refractivity (Wildman–Crippen MR) is 58.4 cm³/mol. The van der Waals surface area contributed by atoms with Crippen LogP contribution in [0.25, 0.3) is 0 Å². The number of rotatable bonds is 2. The van der Waals surface area contributed by atoms with Gasteiger partial charge < -0.3 is 9.59 Å². The third kappa shape index (κ3) is 0.826. The van der Waals surface area contributed by atoms with Crippen molar-refractivity contribution < 1.29 is 9.59 Å². The van der Waals surface area contributed by atoms with Crippen LogP contribution < -0.4 is 0 Å². The number of allylic oxidation sites excluding steroid dienone is 2. The Morgan fingerprint density at radius 3 is 1.75 bits per heavy atom. The van der Waals surface area contributed by atoms with Crippen LogP contribution in [0.3, 0.4) is 0 Å². The van der Waals surface area contributed by atoms with E-state index in [9.17, 15) is 9.59 Å². The number of fused-ring (bicyclic) bond motifs is 9. The molecule has 4 rings (SSSR count). The van der Waals surface area contributed by atoms with Gasteiger partial charge in [-0.05, 0) is 48.3 Å². The van der Waals surface area contributed by atoms with E-state index >= 15 is 0 Å². The second-order valence-corrected chi connectivity index (χ2v) is 6.09. The zero-order chi connectivity index (χ0) is 10.9. The van der Waals surface area contributed by atoms with Gasteiger partial charge in [0.1, 0.15) is 12.6 Å². The largest absolute Gasteiger partial charge is 0.303 e. The van der Waals surface area contributed by atoms with Crippen molar-refractivity contribution in [2.45, 2.75) is 12.8 Å². The minimum Gasteiger partial charge on any atom is -0.303 e. The smallest absolute Gasteiger partial charge is 0.124 e. The molecule has 8 atom stereocenters. The number of aldehydes is 2. The van der Waals surface area contributed by atoms with Gasteiger partial charge in [0.25, 0.3) is 0 Å². The van der Waals surface area contributed by atoms with E-state index in [-0.39, 0.29) is 11.8 Å². The molecule has 8 unspecified atom stereocenters. The topological polar surface area (TPSA) is 34.1 Å². The van der Waals surface area contributed by atoms with Crippen molar-refractivity contribution in [3.63, 3.8) is 0 Å². The monoisotopic (exact) mass is 216 g/mol. The Bertz CT molecular complexity index is 352. The first-order chi connectivity index (χ1) is 7.85. The van der Waals surface area contributed by atoms with E-state index in [4.69, 9.17) is 0 Å². The fourth-order valence-corrected chi connectivity index (χ4v) is 5.51. The lowest BCUT2D eigenvalue weighted by molar-refractivity contribution is -0.123. The third-order valence-corrected chi connectivity index (χ3v) is 5.86. The van der Waals surface area contributed by atoms with Gasteiger partial charge in [-0.2, -0.15) is 0 Å². The molecule has 4 aliphatic rings. The maximum atomic E-state index is 11.2. The van der Waals surface area contributed by atoms with Gasteiger partial charge in [-0.1, -0.05) is 12.2 Å². The van der Waals surface area contributed by atoms with Gasteiger partial charge in [0, 0.05) is 11.8 Å². The third-order valence-electron chi connectivity index (χ3n) is 5.86. The standard InChI is InChI=1S/C14H16O2/c15-5-11-9-4-10(12(11)6-16)14-8-2-1-7(3-8)13(9)14/h1-2,5-14H,3-4H2. The molecule has 2 heteroatoms. The molecule has 2 nitrogen and oxygen atoms in total. The molecule has 3 fully saturated rings. The normalized spacial score (nSPS) is 60.2. The molecule has 0 N–H and O–H groups in total. The van der Waals surface area contributed by atoms with Gasteiger partial charge in [0.2, 0.25) is 0 Å². The van der Waals surface area contributed by atoms with Gasteiger partial charge in [0.15, 0.2) is 0 Å². The highest BCUT2D eigenvalue weighted by Gasteiger charge is 2.64. The second kappa shape index (κ2) is 2.85. The lowest BCUT2D eigenvalue weighted by atomic mass is 9.65. The van der Waals surface area contributed by atoms with Crippen LogP contribution in [-0.2, 0) is 9.59 Å². The van der Waals surface area contributed by atoms with E-state index in [2.05, 4.69) is 12.2 Å². The summed E-state index contributed by atoms with van der Waals surface area (Å²) in [4.78, 5) is 22.4. The van der Waals surface area contributed by atoms with Crippen LogP contribution in [0.15, 0.2) is 12.2 Å². The van der Waals surface area contributed by atoms with E-state index < -0.39 is 0 Å². The zero-order valence-electron chi connectivity index (χ0n) is 9.16. The van der Waals surface area contributed by atoms with Crippen LogP contribution in [0.2, 0.25) is 0 Å². The van der Waals surface area contributed by atoms with E-state index in [1.54, 1.807) is 0 Å². The fourth-order valence-electron chi connectivity index (χ4n) is 5.51. The second-order valence-electron chi connectivity index (χ2n) is 6.09. The molecule has 0 radical (unpaired) electrons. The first-order valence-electron chi connectivity index (χ1n) is 6.44. The van der Waals surface area contributed by atoms with Crippen molar-refractivity contribution in [3.05, 3.63) is 12.2 Å². The summed E-state index contributed by atoms with van der Waals surface area (Å²) in [7, 11) is 0. The highest BCUT2D eigenvalue weighted by atomic mass is 16.1. The van der Waals surface area contributed by atoms with Crippen LogP contribution >= 0.6 is 0 Å². The number of carbonyl (C=O) groups excluding carboxylic acids is 2. The molecule has 0 aromatic heterocycles. The molecule has 84 valence electrons. The van der Waals surface area contributed by atoms with Gasteiger partial charge in [0.05, 0.1) is 0 Å². The molecule has 0 spiro atoms. The highest BCUT2D eigenvalue weighted by Crippen LogP contribution is 2.67. The number of carbonyl (C=O) groups is 2. The Morgan fingerprint density at radius 2 is 1.31 bits per heavy atom. The van der Waals surface area contributed by atoms with E-state index in [1.165, 1.54) is 6.42 Å². The lowest BCUT2D eigenvalue weighted by Gasteiger charge is -2.37. The Morgan fingerprint density at radius 1 is 0.812 bits per heavy atom. The Balaban J connectivity index is 1.76. The molecular formula is C14H16O2. The Kier molecular flexibility index (Phi) is 1.63. The molecule has 16 heavy (non-hydrogen) atoms. The fraction of sp³-hybridized carbons (Fsp3) is 0.714. The van der Waals surface area contributed by atoms with Crippen LogP contribution in [0.4, 0.5) is 0 Å². The summed E-state index contributed by atoms with van der Waals surface area (Å²) in [5, 5.41) is 0. The molecule has 0 aromatic carbocycles. The summed E-state index contributed by atoms with van der Waals surface area (Å²) in [6.07, 6.45) is 9.29. The molecule has 0 aromatic rings. The van der Waals surface area contributed by atoms with Crippen molar-refractivity contribution in [2.24, 2.45) is 47.3 Å². The molecular weight excluding hydrogens is 200 g/mol. The highest BCUT2D eigenvalue weighted by molar-refractivity contribution is 5.67. The van der Waals surface area contributed by atoms with Crippen LogP contribution in [0, 0.1) is 47.3 Å². The summed E-state index contributed by atoms with van der Waals surface area (Å²) in [6.45, 7) is 0. The van der Waals surface area contributed by atoms with Crippen molar-refractivity contribution in [3.8, 4) is 0 Å². The van der Waals surface area contributed by atoms with E-state index in [0.29, 0.717) is 11.8 Å². The van der Waals surface area contributed by atoms with Gasteiger partial charge in [-0.3, -0.25) is 0 Å². The maximum Gasteiger partial charge on any atom is 0.124 e. The number of hydrogen-bond donors (Lipinski definition) is 0. The summed E-state index contributed by atoms with van der Waals surface area (Å²) in [5.74, 6) is 4.01. The summed E-state index contributed by atoms with van der Waals surface area (Å²) in [6, 6.07) is 0.